The molecule has 0 saturated carbocycles. The standard InChI is InChI=1S/C10H12FN3O2/c1-10(13-15)9(12-14(2)16-10)7-5-3-4-6-8(7)11/h3-6,13,15H,1-2H3. The van der Waals surface area contributed by atoms with Gasteiger partial charge in [0.15, 0.2) is 0 Å². The first kappa shape index (κ1) is 11.0. The summed E-state index contributed by atoms with van der Waals surface area (Å²) < 4.78 is 13.6. The highest BCUT2D eigenvalue weighted by Crippen LogP contribution is 2.24. The molecule has 0 aliphatic carbocycles. The van der Waals surface area contributed by atoms with Crippen LogP contribution in [0.1, 0.15) is 12.5 Å². The van der Waals surface area contributed by atoms with Gasteiger partial charge in [0.2, 0.25) is 5.72 Å². The lowest BCUT2D eigenvalue weighted by Crippen LogP contribution is -2.48. The van der Waals surface area contributed by atoms with Gasteiger partial charge in [0, 0.05) is 5.56 Å². The number of nitrogens with zero attached hydrogens (tertiary/aromatic N) is 2. The largest absolute Gasteiger partial charge is 0.314 e. The molecule has 0 spiro atoms. The van der Waals surface area contributed by atoms with Crippen molar-refractivity contribution in [2.24, 2.45) is 5.10 Å². The van der Waals surface area contributed by atoms with Gasteiger partial charge in [-0.3, -0.25) is 0 Å². The Kier molecular flexibility index (Phi) is 2.63. The van der Waals surface area contributed by atoms with Gasteiger partial charge >= 0.3 is 0 Å². The maximum absolute atomic E-state index is 13.6. The Bertz CT molecular complexity index is 438. The molecule has 0 fully saturated rings. The SMILES string of the molecule is CN1N=C(c2ccccc2F)C(C)(NO)O1. The van der Waals surface area contributed by atoms with Crippen LogP contribution in [0.3, 0.4) is 0 Å². The van der Waals surface area contributed by atoms with Crippen molar-refractivity contribution >= 4 is 5.71 Å². The topological polar surface area (TPSA) is 57.1 Å². The van der Waals surface area contributed by atoms with Gasteiger partial charge < -0.3 is 5.21 Å². The number of hydrogen-bond donors (Lipinski definition) is 2. The van der Waals surface area contributed by atoms with E-state index in [1.807, 2.05) is 5.48 Å². The van der Waals surface area contributed by atoms with E-state index in [1.165, 1.54) is 11.2 Å². The van der Waals surface area contributed by atoms with Crippen LogP contribution in [0.4, 0.5) is 4.39 Å². The lowest BCUT2D eigenvalue weighted by Gasteiger charge is -2.22. The van der Waals surface area contributed by atoms with E-state index in [4.69, 9.17) is 10.0 Å². The van der Waals surface area contributed by atoms with Crippen LogP contribution in [-0.2, 0) is 4.84 Å². The minimum Gasteiger partial charge on any atom is -0.314 e. The van der Waals surface area contributed by atoms with Gasteiger partial charge in [0.25, 0.3) is 0 Å². The van der Waals surface area contributed by atoms with Crippen LogP contribution in [-0.4, -0.2) is 28.9 Å². The second-order valence-electron chi connectivity index (χ2n) is 3.63. The number of hydrazone groups is 1. The molecule has 2 rings (SSSR count). The summed E-state index contributed by atoms with van der Waals surface area (Å²) in [6, 6.07) is 6.18. The minimum absolute atomic E-state index is 0.288. The lowest BCUT2D eigenvalue weighted by molar-refractivity contribution is -0.217. The fourth-order valence-electron chi connectivity index (χ4n) is 1.60. The molecule has 1 atom stereocenters. The van der Waals surface area contributed by atoms with Crippen molar-refractivity contribution in [1.29, 1.82) is 0 Å². The Hall–Kier alpha value is -1.50. The lowest BCUT2D eigenvalue weighted by atomic mass is 10.0. The van der Waals surface area contributed by atoms with Crippen LogP contribution in [0.2, 0.25) is 0 Å². The quantitative estimate of drug-likeness (QED) is 0.740. The number of halogens is 1. The maximum Gasteiger partial charge on any atom is 0.211 e. The van der Waals surface area contributed by atoms with E-state index in [2.05, 4.69) is 5.10 Å². The molecule has 1 unspecified atom stereocenters. The van der Waals surface area contributed by atoms with Gasteiger partial charge in [-0.15, -0.1) is 0 Å². The summed E-state index contributed by atoms with van der Waals surface area (Å²) in [5.41, 5.74) is 1.32. The van der Waals surface area contributed by atoms with Crippen LogP contribution >= 0.6 is 0 Å². The molecule has 6 heteroatoms. The van der Waals surface area contributed by atoms with E-state index >= 15 is 0 Å². The maximum atomic E-state index is 13.6. The molecule has 86 valence electrons. The van der Waals surface area contributed by atoms with Crippen molar-refractivity contribution < 1.29 is 14.4 Å². The minimum atomic E-state index is -1.24. The summed E-state index contributed by atoms with van der Waals surface area (Å²) in [7, 11) is 1.56. The number of hydrogen-bond acceptors (Lipinski definition) is 5. The van der Waals surface area contributed by atoms with Gasteiger partial charge in [-0.25, -0.2) is 9.23 Å². The zero-order chi connectivity index (χ0) is 11.8. The van der Waals surface area contributed by atoms with E-state index < -0.39 is 11.5 Å². The Morgan fingerprint density at radius 1 is 1.50 bits per heavy atom. The molecule has 0 amide bonds. The Morgan fingerprint density at radius 2 is 2.19 bits per heavy atom. The van der Waals surface area contributed by atoms with Gasteiger partial charge in [0.05, 0.1) is 7.05 Å². The van der Waals surface area contributed by atoms with Crippen molar-refractivity contribution in [3.63, 3.8) is 0 Å². The van der Waals surface area contributed by atoms with Gasteiger partial charge in [-0.2, -0.15) is 15.8 Å². The van der Waals surface area contributed by atoms with Gasteiger partial charge in [0.1, 0.15) is 11.5 Å². The zero-order valence-corrected chi connectivity index (χ0v) is 8.94. The van der Waals surface area contributed by atoms with Crippen LogP contribution in [0.15, 0.2) is 29.4 Å². The normalized spacial score (nSPS) is 24.8. The van der Waals surface area contributed by atoms with Crippen molar-refractivity contribution in [3.05, 3.63) is 35.6 Å². The summed E-state index contributed by atoms with van der Waals surface area (Å²) >= 11 is 0. The molecule has 0 bridgehead atoms. The van der Waals surface area contributed by atoms with Gasteiger partial charge in [-0.1, -0.05) is 12.1 Å². The van der Waals surface area contributed by atoms with E-state index in [0.717, 1.165) is 0 Å². The summed E-state index contributed by atoms with van der Waals surface area (Å²) in [6.45, 7) is 1.56. The highest BCUT2D eigenvalue weighted by atomic mass is 19.1. The first-order valence-electron chi connectivity index (χ1n) is 4.75. The zero-order valence-electron chi connectivity index (χ0n) is 8.94. The van der Waals surface area contributed by atoms with E-state index in [0.29, 0.717) is 0 Å². The van der Waals surface area contributed by atoms with Crippen molar-refractivity contribution in [2.45, 2.75) is 12.6 Å². The Labute approximate surface area is 92.0 Å². The number of nitrogens with one attached hydrogen (secondary N) is 1. The monoisotopic (exact) mass is 225 g/mol. The fraction of sp³-hybridized carbons (Fsp3) is 0.300. The third-order valence-electron chi connectivity index (χ3n) is 2.35. The van der Waals surface area contributed by atoms with E-state index in [1.54, 1.807) is 32.2 Å². The number of benzene rings is 1. The molecule has 16 heavy (non-hydrogen) atoms. The first-order valence-corrected chi connectivity index (χ1v) is 4.75. The summed E-state index contributed by atoms with van der Waals surface area (Å²) in [5, 5.41) is 14.2. The fourth-order valence-corrected chi connectivity index (χ4v) is 1.60. The Morgan fingerprint density at radius 3 is 2.81 bits per heavy atom. The highest BCUT2D eigenvalue weighted by Gasteiger charge is 2.41. The molecule has 1 aromatic carbocycles. The summed E-state index contributed by atoms with van der Waals surface area (Å²) in [6.07, 6.45) is 0. The highest BCUT2D eigenvalue weighted by molar-refractivity contribution is 6.06. The van der Waals surface area contributed by atoms with Crippen molar-refractivity contribution in [1.82, 2.24) is 10.7 Å². The number of hydroxylamine groups is 2. The van der Waals surface area contributed by atoms with E-state index in [9.17, 15) is 4.39 Å². The average molecular weight is 225 g/mol. The molecule has 2 N–H and O–H groups in total. The molecule has 1 aromatic rings. The van der Waals surface area contributed by atoms with Crippen LogP contribution in [0.5, 0.6) is 0 Å². The molecule has 5 nitrogen and oxygen atoms in total. The third-order valence-corrected chi connectivity index (χ3v) is 2.35. The summed E-state index contributed by atoms with van der Waals surface area (Å²) in [4.78, 5) is 5.22. The molecule has 1 aliphatic heterocycles. The smallest absolute Gasteiger partial charge is 0.211 e. The summed E-state index contributed by atoms with van der Waals surface area (Å²) in [5.74, 6) is -0.415. The molecule has 0 aromatic heterocycles. The molecule has 1 heterocycles. The second kappa shape index (κ2) is 3.82. The van der Waals surface area contributed by atoms with Crippen LogP contribution in [0, 0.1) is 5.82 Å². The van der Waals surface area contributed by atoms with Crippen molar-refractivity contribution in [3.8, 4) is 0 Å². The van der Waals surface area contributed by atoms with Gasteiger partial charge in [-0.05, 0) is 19.1 Å². The molecule has 1 aliphatic rings. The third kappa shape index (κ3) is 1.67. The van der Waals surface area contributed by atoms with Crippen LogP contribution < -0.4 is 5.48 Å². The molecular formula is C10H12FN3O2. The van der Waals surface area contributed by atoms with E-state index in [-0.39, 0.29) is 11.3 Å². The molecule has 0 radical (unpaired) electrons. The van der Waals surface area contributed by atoms with Crippen molar-refractivity contribution in [2.75, 3.05) is 7.05 Å². The van der Waals surface area contributed by atoms with Crippen LogP contribution in [0.25, 0.3) is 0 Å². The predicted octanol–water partition coefficient (Wildman–Crippen LogP) is 1.10. The molecule has 0 saturated heterocycles. The second-order valence-corrected chi connectivity index (χ2v) is 3.63. The first-order chi connectivity index (χ1) is 7.57. The predicted molar refractivity (Wildman–Crippen MR) is 55.1 cm³/mol. The number of rotatable bonds is 2. The Balaban J connectivity index is 2.48. The molecular weight excluding hydrogens is 213 g/mol. The average Bonchev–Trinajstić information content (AvgIpc) is 2.56.